The monoisotopic (exact) mass is 764 g/mol. The number of nitrogens with zero attached hydrogens (tertiary/aromatic N) is 2. The van der Waals surface area contributed by atoms with Crippen LogP contribution in [0.2, 0.25) is 0 Å². The van der Waals surface area contributed by atoms with Crippen LogP contribution >= 0.6 is 11.8 Å². The van der Waals surface area contributed by atoms with Crippen LogP contribution in [0.25, 0.3) is 60.9 Å². The Balaban J connectivity index is 1.09. The van der Waals surface area contributed by atoms with Gasteiger partial charge >= 0.3 is 0 Å². The fraction of sp³-hybridized carbons (Fsp3) is 0.0566. The lowest BCUT2D eigenvalue weighted by Gasteiger charge is -2.38. The Bertz CT molecular complexity index is 3270. The van der Waals surface area contributed by atoms with Crippen LogP contribution in [0.15, 0.2) is 201 Å². The maximum Gasteiger partial charge on any atom is 0.158 e. The molecule has 1 unspecified atom stereocenters. The molecule has 3 heterocycles. The first-order valence-corrected chi connectivity index (χ1v) is 20.6. The number of hydrogen-bond donors (Lipinski definition) is 0. The van der Waals surface area contributed by atoms with Gasteiger partial charge in [0.2, 0.25) is 0 Å². The molecule has 1 atom stereocenters. The predicted octanol–water partition coefficient (Wildman–Crippen LogP) is 15.5. The van der Waals surface area contributed by atoms with Crippen molar-refractivity contribution in [2.24, 2.45) is 0 Å². The molecule has 4 nitrogen and oxygen atoms in total. The maximum absolute atomic E-state index is 7.20. The molecule has 8 aromatic carbocycles. The number of thioether (sulfide) groups is 1. The van der Waals surface area contributed by atoms with Gasteiger partial charge in [-0.2, -0.15) is 0 Å². The van der Waals surface area contributed by atoms with E-state index in [1.54, 1.807) is 0 Å². The number of allylic oxidation sites excluding steroid dienone is 1. The fourth-order valence-electron chi connectivity index (χ4n) is 9.27. The minimum Gasteiger partial charge on any atom is -0.457 e. The Morgan fingerprint density at radius 2 is 1.29 bits per heavy atom. The average Bonchev–Trinajstić information content (AvgIpc) is 3.85. The SMILES string of the molecule is CC12CC(N(c3ccccc3)c3ccc4c(c3)oc3ccccc34)=Cc3c1oc1c(cccc31)N(c1ccccc1)c1ccc(-c3cccc4ccccc34)cc1S2. The van der Waals surface area contributed by atoms with Crippen molar-refractivity contribution >= 4 is 90.0 Å². The quantitative estimate of drug-likeness (QED) is 0.174. The minimum atomic E-state index is -0.481. The van der Waals surface area contributed by atoms with Gasteiger partial charge in [0.1, 0.15) is 16.9 Å². The Morgan fingerprint density at radius 1 is 0.569 bits per heavy atom. The van der Waals surface area contributed by atoms with Crippen LogP contribution in [0.5, 0.6) is 0 Å². The third-order valence-electron chi connectivity index (χ3n) is 11.9. The standard InChI is InChI=1S/C53H36N2O2S/c1-53-33-39(54(36-16-4-2-5-17-36)38-27-28-43-42-21-10-11-25-48(42)56-49(43)32-38)31-45-44-23-13-24-47(51(44)57-52(45)53)55(37-18-6-3-7-19-37)46-29-26-35(30-50(46)58-53)41-22-12-15-34-14-8-9-20-40(34)41/h2-32H,33H2,1H3. The van der Waals surface area contributed by atoms with Crippen molar-refractivity contribution in [1.29, 1.82) is 0 Å². The van der Waals surface area contributed by atoms with Gasteiger partial charge in [-0.05, 0) is 95.6 Å². The Labute approximate surface area is 340 Å². The zero-order valence-corrected chi connectivity index (χ0v) is 32.5. The van der Waals surface area contributed by atoms with E-state index < -0.39 is 4.75 Å². The molecule has 2 bridgehead atoms. The number of furan rings is 2. The van der Waals surface area contributed by atoms with Crippen molar-refractivity contribution in [3.8, 4) is 11.1 Å². The second-order valence-electron chi connectivity index (χ2n) is 15.5. The van der Waals surface area contributed by atoms with E-state index in [9.17, 15) is 0 Å². The zero-order chi connectivity index (χ0) is 38.4. The van der Waals surface area contributed by atoms with Gasteiger partial charge in [0.25, 0.3) is 0 Å². The summed E-state index contributed by atoms with van der Waals surface area (Å²) in [5.41, 5.74) is 12.8. The molecule has 0 saturated heterocycles. The van der Waals surface area contributed by atoms with E-state index >= 15 is 0 Å². The van der Waals surface area contributed by atoms with Gasteiger partial charge in [-0.15, -0.1) is 11.8 Å². The van der Waals surface area contributed by atoms with Gasteiger partial charge in [0, 0.05) is 61.9 Å². The molecule has 0 saturated carbocycles. The van der Waals surface area contributed by atoms with E-state index in [1.165, 1.54) is 32.5 Å². The number of fused-ring (bicyclic) bond motifs is 6. The lowest BCUT2D eigenvalue weighted by molar-refractivity contribution is 0.471. The first-order chi connectivity index (χ1) is 28.6. The highest BCUT2D eigenvalue weighted by atomic mass is 32.2. The summed E-state index contributed by atoms with van der Waals surface area (Å²) in [6.45, 7) is 2.36. The molecule has 12 rings (SSSR count). The van der Waals surface area contributed by atoms with Crippen LogP contribution in [-0.2, 0) is 4.75 Å². The Kier molecular flexibility index (Phi) is 7.32. The molecule has 0 fully saturated rings. The third-order valence-corrected chi connectivity index (χ3v) is 13.2. The van der Waals surface area contributed by atoms with Crippen molar-refractivity contribution in [3.05, 3.63) is 199 Å². The largest absolute Gasteiger partial charge is 0.457 e. The van der Waals surface area contributed by atoms with Crippen LogP contribution in [0.1, 0.15) is 24.7 Å². The van der Waals surface area contributed by atoms with Gasteiger partial charge in [-0.1, -0.05) is 115 Å². The van der Waals surface area contributed by atoms with Crippen molar-refractivity contribution in [2.75, 3.05) is 9.80 Å². The third kappa shape index (κ3) is 5.10. The Hall–Kier alpha value is -6.95. The van der Waals surface area contributed by atoms with Crippen LogP contribution in [0, 0.1) is 0 Å². The lowest BCUT2D eigenvalue weighted by atomic mass is 9.89. The van der Waals surface area contributed by atoms with Gasteiger partial charge in [-0.25, -0.2) is 0 Å². The highest BCUT2D eigenvalue weighted by molar-refractivity contribution is 8.00. The molecule has 276 valence electrons. The van der Waals surface area contributed by atoms with E-state index in [4.69, 9.17) is 8.83 Å². The molecule has 0 radical (unpaired) electrons. The molecule has 0 N–H and O–H groups in total. The number of rotatable bonds is 5. The second-order valence-corrected chi connectivity index (χ2v) is 17.0. The number of para-hydroxylation sites is 4. The molecule has 1 aliphatic heterocycles. The molecule has 5 heteroatoms. The molecule has 2 aromatic heterocycles. The molecule has 58 heavy (non-hydrogen) atoms. The van der Waals surface area contributed by atoms with Crippen molar-refractivity contribution < 1.29 is 8.83 Å². The highest BCUT2D eigenvalue weighted by Gasteiger charge is 2.43. The first-order valence-electron chi connectivity index (χ1n) is 19.8. The molecule has 0 spiro atoms. The normalized spacial score (nSPS) is 16.0. The fourth-order valence-corrected chi connectivity index (χ4v) is 10.7. The summed E-state index contributed by atoms with van der Waals surface area (Å²) in [6, 6.07) is 65.2. The van der Waals surface area contributed by atoms with Crippen LogP contribution in [-0.4, -0.2) is 0 Å². The number of anilines is 5. The van der Waals surface area contributed by atoms with E-state index in [-0.39, 0.29) is 0 Å². The van der Waals surface area contributed by atoms with E-state index in [1.807, 2.05) is 23.9 Å². The van der Waals surface area contributed by atoms with Gasteiger partial charge < -0.3 is 18.6 Å². The lowest BCUT2D eigenvalue weighted by Crippen LogP contribution is -2.28. The van der Waals surface area contributed by atoms with Crippen LogP contribution in [0.3, 0.4) is 0 Å². The van der Waals surface area contributed by atoms with Gasteiger partial charge in [-0.3, -0.25) is 0 Å². The van der Waals surface area contributed by atoms with Gasteiger partial charge in [0.05, 0.1) is 16.1 Å². The molecule has 2 aliphatic rings. The minimum absolute atomic E-state index is 0.481. The van der Waals surface area contributed by atoms with Crippen LogP contribution in [0.4, 0.5) is 28.4 Å². The van der Waals surface area contributed by atoms with Gasteiger partial charge in [0.15, 0.2) is 5.58 Å². The van der Waals surface area contributed by atoms with Crippen molar-refractivity contribution in [1.82, 2.24) is 0 Å². The number of hydrogen-bond acceptors (Lipinski definition) is 5. The van der Waals surface area contributed by atoms with E-state index in [0.29, 0.717) is 0 Å². The topological polar surface area (TPSA) is 32.8 Å². The van der Waals surface area contributed by atoms with Crippen molar-refractivity contribution in [3.63, 3.8) is 0 Å². The summed E-state index contributed by atoms with van der Waals surface area (Å²) in [4.78, 5) is 5.98. The summed E-state index contributed by atoms with van der Waals surface area (Å²) < 4.78 is 13.2. The second kappa shape index (κ2) is 12.8. The molecular weight excluding hydrogens is 729 g/mol. The Morgan fingerprint density at radius 3 is 2.17 bits per heavy atom. The smallest absolute Gasteiger partial charge is 0.158 e. The predicted molar refractivity (Wildman–Crippen MR) is 242 cm³/mol. The highest BCUT2D eigenvalue weighted by Crippen LogP contribution is 2.59. The molecule has 10 aromatic rings. The summed E-state index contributed by atoms with van der Waals surface area (Å²) in [5, 5.41) is 5.83. The molecule has 0 amide bonds. The first kappa shape index (κ1) is 33.2. The summed E-state index contributed by atoms with van der Waals surface area (Å²) in [5.74, 6) is 1.00. The number of benzene rings is 8. The average molecular weight is 765 g/mol. The van der Waals surface area contributed by atoms with Crippen LogP contribution < -0.4 is 9.80 Å². The zero-order valence-electron chi connectivity index (χ0n) is 31.7. The molecular formula is C53H36N2O2S. The van der Waals surface area contributed by atoms with E-state index in [0.717, 1.165) is 79.1 Å². The summed E-state index contributed by atoms with van der Waals surface area (Å²) in [6.07, 6.45) is 3.08. The van der Waals surface area contributed by atoms with Crippen molar-refractivity contribution in [2.45, 2.75) is 23.0 Å². The summed E-state index contributed by atoms with van der Waals surface area (Å²) >= 11 is 1.90. The molecule has 1 aliphatic carbocycles. The van der Waals surface area contributed by atoms with E-state index in [2.05, 4.69) is 193 Å². The summed E-state index contributed by atoms with van der Waals surface area (Å²) in [7, 11) is 0. The maximum atomic E-state index is 7.20.